The molecule has 0 spiro atoms. The zero-order valence-electron chi connectivity index (χ0n) is 11.4. The Morgan fingerprint density at radius 2 is 2.17 bits per heavy atom. The molecule has 106 valence electrons. The molecule has 3 nitrogen and oxygen atoms in total. The summed E-state index contributed by atoms with van der Waals surface area (Å²) in [6.45, 7) is 6.47. The minimum atomic E-state index is 0. The molecule has 3 aliphatic rings. The molecule has 3 unspecified atom stereocenters. The molecule has 0 aromatic rings. The van der Waals surface area contributed by atoms with Crippen molar-refractivity contribution >= 4 is 12.4 Å². The van der Waals surface area contributed by atoms with Crippen molar-refractivity contribution in [1.29, 1.82) is 0 Å². The molecule has 1 aliphatic heterocycles. The number of hydrogen-bond acceptors (Lipinski definition) is 3. The quantitative estimate of drug-likeness (QED) is 0.822. The fourth-order valence-electron chi connectivity index (χ4n) is 3.35. The molecule has 0 amide bonds. The molecule has 1 saturated heterocycles. The van der Waals surface area contributed by atoms with Gasteiger partial charge in [0.25, 0.3) is 0 Å². The smallest absolute Gasteiger partial charge is 0.0623 e. The average Bonchev–Trinajstić information content (AvgIpc) is 2.93. The van der Waals surface area contributed by atoms with Gasteiger partial charge in [0.15, 0.2) is 0 Å². The summed E-state index contributed by atoms with van der Waals surface area (Å²) in [6.07, 6.45) is 6.95. The van der Waals surface area contributed by atoms with Gasteiger partial charge in [-0.3, -0.25) is 0 Å². The molecule has 3 rings (SSSR count). The van der Waals surface area contributed by atoms with E-state index < -0.39 is 0 Å². The van der Waals surface area contributed by atoms with E-state index in [0.717, 1.165) is 31.7 Å². The maximum Gasteiger partial charge on any atom is 0.0623 e. The summed E-state index contributed by atoms with van der Waals surface area (Å²) in [5.41, 5.74) is 0.629. The predicted molar refractivity (Wildman–Crippen MR) is 76.3 cm³/mol. The van der Waals surface area contributed by atoms with Crippen LogP contribution in [0.1, 0.15) is 39.0 Å². The van der Waals surface area contributed by atoms with Gasteiger partial charge in [-0.15, -0.1) is 12.4 Å². The van der Waals surface area contributed by atoms with Gasteiger partial charge < -0.3 is 15.4 Å². The van der Waals surface area contributed by atoms with Crippen LogP contribution in [0.2, 0.25) is 0 Å². The molecule has 2 N–H and O–H groups in total. The lowest BCUT2D eigenvalue weighted by Crippen LogP contribution is -2.51. The zero-order chi connectivity index (χ0) is 11.7. The van der Waals surface area contributed by atoms with Crippen LogP contribution >= 0.6 is 12.4 Å². The summed E-state index contributed by atoms with van der Waals surface area (Å²) in [6, 6.07) is 1.32. The van der Waals surface area contributed by atoms with E-state index in [4.69, 9.17) is 4.74 Å². The number of halogens is 1. The highest BCUT2D eigenvalue weighted by Gasteiger charge is 2.40. The van der Waals surface area contributed by atoms with Crippen LogP contribution < -0.4 is 10.6 Å². The fraction of sp³-hybridized carbons (Fsp3) is 1.00. The summed E-state index contributed by atoms with van der Waals surface area (Å²) in [7, 11) is 0. The molecule has 4 heteroatoms. The summed E-state index contributed by atoms with van der Waals surface area (Å²) in [5.74, 6) is 0.789. The molecule has 1 heterocycles. The molecular weight excluding hydrogens is 248 g/mol. The highest BCUT2D eigenvalue weighted by molar-refractivity contribution is 5.85. The van der Waals surface area contributed by atoms with Crippen LogP contribution in [0.25, 0.3) is 0 Å². The second-order valence-electron chi connectivity index (χ2n) is 6.53. The standard InChI is InChI=1S/C14H26N2O.ClH/c1-14(5-6-14)10-16-12-4-2-3-11(12)13-9-17-8-7-15-13;/h11-13,15-16H,2-10H2,1H3;1H. The van der Waals surface area contributed by atoms with Gasteiger partial charge in [-0.05, 0) is 37.0 Å². The Morgan fingerprint density at radius 1 is 1.33 bits per heavy atom. The van der Waals surface area contributed by atoms with Crippen LogP contribution in [0.5, 0.6) is 0 Å². The highest BCUT2D eigenvalue weighted by Crippen LogP contribution is 2.44. The Morgan fingerprint density at radius 3 is 2.83 bits per heavy atom. The monoisotopic (exact) mass is 274 g/mol. The summed E-state index contributed by atoms with van der Waals surface area (Å²) in [5, 5.41) is 7.47. The van der Waals surface area contributed by atoms with Gasteiger partial charge in [-0.1, -0.05) is 13.3 Å². The van der Waals surface area contributed by atoms with Crippen molar-refractivity contribution in [2.75, 3.05) is 26.3 Å². The van der Waals surface area contributed by atoms with E-state index in [1.807, 2.05) is 0 Å². The van der Waals surface area contributed by atoms with Crippen molar-refractivity contribution in [3.05, 3.63) is 0 Å². The Bertz CT molecular complexity index is 265. The van der Waals surface area contributed by atoms with E-state index in [1.54, 1.807) is 0 Å². The van der Waals surface area contributed by atoms with Gasteiger partial charge in [0.1, 0.15) is 0 Å². The third kappa shape index (κ3) is 3.38. The molecule has 3 atom stereocenters. The first-order valence-corrected chi connectivity index (χ1v) is 7.31. The van der Waals surface area contributed by atoms with Crippen LogP contribution in [0.3, 0.4) is 0 Å². The number of ether oxygens (including phenoxy) is 1. The summed E-state index contributed by atoms with van der Waals surface area (Å²) in [4.78, 5) is 0. The topological polar surface area (TPSA) is 33.3 Å². The van der Waals surface area contributed by atoms with E-state index in [2.05, 4.69) is 17.6 Å². The van der Waals surface area contributed by atoms with Gasteiger partial charge in [-0.2, -0.15) is 0 Å². The lowest BCUT2D eigenvalue weighted by Gasteiger charge is -2.33. The SMILES string of the molecule is CC1(CNC2CCCC2C2COCCN2)CC1.Cl. The van der Waals surface area contributed by atoms with Crippen LogP contribution in [0, 0.1) is 11.3 Å². The highest BCUT2D eigenvalue weighted by atomic mass is 35.5. The molecule has 3 fully saturated rings. The normalized spacial score (nSPS) is 38.2. The van der Waals surface area contributed by atoms with Gasteiger partial charge in [0.2, 0.25) is 0 Å². The van der Waals surface area contributed by atoms with Gasteiger partial charge in [0, 0.05) is 25.2 Å². The molecular formula is C14H27ClN2O. The summed E-state index contributed by atoms with van der Waals surface area (Å²) >= 11 is 0. The van der Waals surface area contributed by atoms with Crippen LogP contribution in [-0.2, 0) is 4.74 Å². The predicted octanol–water partition coefficient (Wildman–Crippen LogP) is 1.95. The van der Waals surface area contributed by atoms with E-state index in [-0.39, 0.29) is 12.4 Å². The number of hydrogen-bond donors (Lipinski definition) is 2. The maximum atomic E-state index is 5.61. The zero-order valence-corrected chi connectivity index (χ0v) is 12.2. The Labute approximate surface area is 117 Å². The van der Waals surface area contributed by atoms with E-state index in [0.29, 0.717) is 11.5 Å². The fourth-order valence-corrected chi connectivity index (χ4v) is 3.35. The third-order valence-electron chi connectivity index (χ3n) is 4.93. The lowest BCUT2D eigenvalue weighted by atomic mass is 9.93. The Hall–Kier alpha value is 0.170. The molecule has 0 bridgehead atoms. The molecule has 2 aliphatic carbocycles. The van der Waals surface area contributed by atoms with Crippen molar-refractivity contribution < 1.29 is 4.74 Å². The van der Waals surface area contributed by atoms with Crippen molar-refractivity contribution in [3.63, 3.8) is 0 Å². The Balaban J connectivity index is 0.00000120. The third-order valence-corrected chi connectivity index (χ3v) is 4.93. The van der Waals surface area contributed by atoms with Crippen molar-refractivity contribution in [2.45, 2.75) is 51.1 Å². The minimum absolute atomic E-state index is 0. The number of nitrogens with one attached hydrogen (secondary N) is 2. The Kier molecular flexibility index (Phi) is 4.92. The molecule has 0 aromatic heterocycles. The lowest BCUT2D eigenvalue weighted by molar-refractivity contribution is 0.0522. The summed E-state index contributed by atoms with van der Waals surface area (Å²) < 4.78 is 5.61. The average molecular weight is 275 g/mol. The van der Waals surface area contributed by atoms with Crippen LogP contribution in [-0.4, -0.2) is 38.4 Å². The largest absolute Gasteiger partial charge is 0.379 e. The number of morpholine rings is 1. The van der Waals surface area contributed by atoms with E-state index in [9.17, 15) is 0 Å². The van der Waals surface area contributed by atoms with Gasteiger partial charge >= 0.3 is 0 Å². The van der Waals surface area contributed by atoms with Crippen molar-refractivity contribution in [3.8, 4) is 0 Å². The first-order chi connectivity index (χ1) is 8.27. The molecule has 2 saturated carbocycles. The van der Waals surface area contributed by atoms with E-state index >= 15 is 0 Å². The van der Waals surface area contributed by atoms with Gasteiger partial charge in [-0.25, -0.2) is 0 Å². The first-order valence-electron chi connectivity index (χ1n) is 7.31. The molecule has 0 radical (unpaired) electrons. The maximum absolute atomic E-state index is 5.61. The van der Waals surface area contributed by atoms with Crippen molar-refractivity contribution in [1.82, 2.24) is 10.6 Å². The second-order valence-corrected chi connectivity index (χ2v) is 6.53. The molecule has 18 heavy (non-hydrogen) atoms. The van der Waals surface area contributed by atoms with E-state index in [1.165, 1.54) is 38.6 Å². The van der Waals surface area contributed by atoms with Crippen LogP contribution in [0.4, 0.5) is 0 Å². The first kappa shape index (κ1) is 14.6. The van der Waals surface area contributed by atoms with Crippen LogP contribution in [0.15, 0.2) is 0 Å². The molecule has 0 aromatic carbocycles. The minimum Gasteiger partial charge on any atom is -0.379 e. The van der Waals surface area contributed by atoms with Gasteiger partial charge in [0.05, 0.1) is 13.2 Å². The number of rotatable bonds is 4. The van der Waals surface area contributed by atoms with Crippen molar-refractivity contribution in [2.24, 2.45) is 11.3 Å². The second kappa shape index (κ2) is 6.08.